The molecule has 0 aliphatic carbocycles. The number of halogens is 2. The molecule has 3 rings (SSSR count). The molecule has 22 heavy (non-hydrogen) atoms. The van der Waals surface area contributed by atoms with Gasteiger partial charge in [-0.15, -0.1) is 0 Å². The zero-order chi connectivity index (χ0) is 15.7. The van der Waals surface area contributed by atoms with E-state index in [-0.39, 0.29) is 22.2 Å². The number of nitrogens with zero attached hydrogens (tertiary/aromatic N) is 1. The predicted molar refractivity (Wildman–Crippen MR) is 83.2 cm³/mol. The van der Waals surface area contributed by atoms with Crippen LogP contribution in [0.4, 0.5) is 4.39 Å². The lowest BCUT2D eigenvalue weighted by Crippen LogP contribution is -2.05. The number of carbonyl (C=O) groups excluding carboxylic acids is 1. The van der Waals surface area contributed by atoms with Gasteiger partial charge in [0.1, 0.15) is 5.82 Å². The Labute approximate surface area is 131 Å². The summed E-state index contributed by atoms with van der Waals surface area (Å²) in [7, 11) is 0. The van der Waals surface area contributed by atoms with Gasteiger partial charge < -0.3 is 4.74 Å². The smallest absolute Gasteiger partial charge is 0.363 e. The number of esters is 1. The summed E-state index contributed by atoms with van der Waals surface area (Å²) in [4.78, 5) is 16.0. The van der Waals surface area contributed by atoms with Crippen molar-refractivity contribution in [2.24, 2.45) is 4.99 Å². The molecule has 0 N–H and O–H groups in total. The molecule has 0 aromatic heterocycles. The largest absolute Gasteiger partial charge is 0.402 e. The van der Waals surface area contributed by atoms with Crippen molar-refractivity contribution in [1.82, 2.24) is 0 Å². The first kappa shape index (κ1) is 14.5. The lowest BCUT2D eigenvalue weighted by Gasteiger charge is -2.00. The Morgan fingerprint density at radius 3 is 2.73 bits per heavy atom. The van der Waals surface area contributed by atoms with E-state index in [1.807, 2.05) is 25.1 Å². The van der Waals surface area contributed by atoms with Crippen molar-refractivity contribution < 1.29 is 13.9 Å². The van der Waals surface area contributed by atoms with Gasteiger partial charge in [0, 0.05) is 11.1 Å². The van der Waals surface area contributed by atoms with Crippen LogP contribution in [0.1, 0.15) is 16.7 Å². The van der Waals surface area contributed by atoms with Gasteiger partial charge in [0.25, 0.3) is 0 Å². The van der Waals surface area contributed by atoms with E-state index in [4.69, 9.17) is 16.3 Å². The fourth-order valence-electron chi connectivity index (χ4n) is 2.10. The van der Waals surface area contributed by atoms with Crippen molar-refractivity contribution in [1.29, 1.82) is 0 Å². The van der Waals surface area contributed by atoms with Crippen molar-refractivity contribution in [3.63, 3.8) is 0 Å². The summed E-state index contributed by atoms with van der Waals surface area (Å²) >= 11 is 5.94. The molecule has 0 unspecified atom stereocenters. The van der Waals surface area contributed by atoms with Crippen LogP contribution < -0.4 is 0 Å². The highest BCUT2D eigenvalue weighted by molar-refractivity contribution is 6.32. The van der Waals surface area contributed by atoms with Crippen LogP contribution in [0.2, 0.25) is 5.02 Å². The molecule has 2 aromatic rings. The highest BCUT2D eigenvalue weighted by Crippen LogP contribution is 2.25. The van der Waals surface area contributed by atoms with Gasteiger partial charge in [-0.25, -0.2) is 14.2 Å². The van der Waals surface area contributed by atoms with Gasteiger partial charge in [0.05, 0.1) is 5.02 Å². The Bertz CT molecular complexity index is 807. The summed E-state index contributed by atoms with van der Waals surface area (Å²) < 4.78 is 18.9. The van der Waals surface area contributed by atoms with E-state index >= 15 is 0 Å². The summed E-state index contributed by atoms with van der Waals surface area (Å²) in [6.45, 7) is 1.93. The molecule has 0 fully saturated rings. The van der Waals surface area contributed by atoms with Gasteiger partial charge >= 0.3 is 5.97 Å². The number of hydrogen-bond donors (Lipinski definition) is 0. The molecular weight excluding hydrogens is 305 g/mol. The molecule has 110 valence electrons. The van der Waals surface area contributed by atoms with Gasteiger partial charge in [-0.3, -0.25) is 0 Å². The van der Waals surface area contributed by atoms with Crippen LogP contribution in [0.15, 0.2) is 53.2 Å². The van der Waals surface area contributed by atoms with Gasteiger partial charge in [0.15, 0.2) is 5.70 Å². The number of carbonyl (C=O) groups is 1. The van der Waals surface area contributed by atoms with Crippen molar-refractivity contribution >= 4 is 29.5 Å². The number of rotatable bonds is 2. The topological polar surface area (TPSA) is 38.7 Å². The minimum Gasteiger partial charge on any atom is -0.402 e. The summed E-state index contributed by atoms with van der Waals surface area (Å²) in [5, 5.41) is 0.208. The lowest BCUT2D eigenvalue weighted by atomic mass is 10.1. The first-order valence-electron chi connectivity index (χ1n) is 6.58. The number of hydrogen-bond acceptors (Lipinski definition) is 3. The second kappa shape index (κ2) is 5.73. The maximum atomic E-state index is 13.8. The van der Waals surface area contributed by atoms with E-state index in [2.05, 4.69) is 4.99 Å². The molecule has 1 aliphatic rings. The minimum absolute atomic E-state index is 0.0171. The van der Waals surface area contributed by atoms with Crippen LogP contribution >= 0.6 is 11.6 Å². The second-order valence-electron chi connectivity index (χ2n) is 4.84. The van der Waals surface area contributed by atoms with Gasteiger partial charge in [0.2, 0.25) is 5.90 Å². The summed E-state index contributed by atoms with van der Waals surface area (Å²) in [5.74, 6) is -0.949. The molecule has 0 saturated carbocycles. The van der Waals surface area contributed by atoms with Crippen molar-refractivity contribution in [3.8, 4) is 0 Å². The maximum Gasteiger partial charge on any atom is 0.363 e. The average Bonchev–Trinajstić information content (AvgIpc) is 2.84. The fraction of sp³-hybridized carbons (Fsp3) is 0.0588. The number of benzene rings is 2. The maximum absolute atomic E-state index is 13.8. The van der Waals surface area contributed by atoms with Gasteiger partial charge in [-0.2, -0.15) is 0 Å². The molecule has 5 heteroatoms. The Kier molecular flexibility index (Phi) is 3.77. The lowest BCUT2D eigenvalue weighted by molar-refractivity contribution is -0.129. The van der Waals surface area contributed by atoms with Crippen molar-refractivity contribution in [2.45, 2.75) is 6.92 Å². The molecular formula is C17H11ClFNO2. The Morgan fingerprint density at radius 1 is 1.23 bits per heavy atom. The summed E-state index contributed by atoms with van der Waals surface area (Å²) in [6, 6.07) is 11.7. The summed E-state index contributed by atoms with van der Waals surface area (Å²) in [5.41, 5.74) is 1.84. The standard InChI is InChI=1S/C17H11ClFNO2/c1-10-4-2-5-11(8-10)16-20-15(17(21)22-16)9-12-13(18)6-3-7-14(12)19/h2-9H,1H3/b15-9-. The van der Waals surface area contributed by atoms with Crippen LogP contribution in [-0.4, -0.2) is 11.9 Å². The average molecular weight is 316 g/mol. The van der Waals surface area contributed by atoms with Crippen LogP contribution in [0, 0.1) is 12.7 Å². The van der Waals surface area contributed by atoms with Gasteiger partial charge in [-0.1, -0.05) is 35.4 Å². The molecule has 0 radical (unpaired) electrons. The third-order valence-corrected chi connectivity index (χ3v) is 3.50. The molecule has 0 amide bonds. The number of aryl methyl sites for hydroxylation is 1. The van der Waals surface area contributed by atoms with Crippen molar-refractivity contribution in [3.05, 3.63) is 75.7 Å². The van der Waals surface area contributed by atoms with Crippen LogP contribution in [0.25, 0.3) is 6.08 Å². The third-order valence-electron chi connectivity index (χ3n) is 3.17. The molecule has 1 aliphatic heterocycles. The SMILES string of the molecule is Cc1cccc(C2=N/C(=C\c3c(F)cccc3Cl)C(=O)O2)c1. The molecule has 0 atom stereocenters. The van der Waals surface area contributed by atoms with Crippen molar-refractivity contribution in [2.75, 3.05) is 0 Å². The highest BCUT2D eigenvalue weighted by Gasteiger charge is 2.24. The number of ether oxygens (including phenoxy) is 1. The first-order chi connectivity index (χ1) is 10.5. The molecule has 3 nitrogen and oxygen atoms in total. The van der Waals surface area contributed by atoms with E-state index in [1.165, 1.54) is 18.2 Å². The van der Waals surface area contributed by atoms with Crippen LogP contribution in [0.3, 0.4) is 0 Å². The van der Waals surface area contributed by atoms with E-state index in [0.717, 1.165) is 5.56 Å². The number of aliphatic imine (C=N–C) groups is 1. The molecule has 1 heterocycles. The molecule has 0 saturated heterocycles. The Balaban J connectivity index is 2.02. The quantitative estimate of drug-likeness (QED) is 0.617. The second-order valence-corrected chi connectivity index (χ2v) is 5.25. The monoisotopic (exact) mass is 315 g/mol. The molecule has 2 aromatic carbocycles. The normalized spacial score (nSPS) is 15.9. The van der Waals surface area contributed by atoms with Crippen LogP contribution in [0.5, 0.6) is 0 Å². The molecule has 0 spiro atoms. The van der Waals surface area contributed by atoms with Crippen LogP contribution in [-0.2, 0) is 9.53 Å². The Morgan fingerprint density at radius 2 is 2.00 bits per heavy atom. The fourth-order valence-corrected chi connectivity index (χ4v) is 2.31. The summed E-state index contributed by atoms with van der Waals surface area (Å²) in [6.07, 6.45) is 1.29. The highest BCUT2D eigenvalue weighted by atomic mass is 35.5. The van der Waals surface area contributed by atoms with Gasteiger partial charge in [-0.05, 0) is 37.3 Å². The third kappa shape index (κ3) is 2.78. The first-order valence-corrected chi connectivity index (χ1v) is 6.96. The zero-order valence-corrected chi connectivity index (χ0v) is 12.4. The Hall–Kier alpha value is -2.46. The number of cyclic esters (lactones) is 1. The molecule has 0 bridgehead atoms. The zero-order valence-electron chi connectivity index (χ0n) is 11.6. The van der Waals surface area contributed by atoms with E-state index in [0.29, 0.717) is 5.56 Å². The minimum atomic E-state index is -0.629. The van der Waals surface area contributed by atoms with E-state index < -0.39 is 11.8 Å². The van der Waals surface area contributed by atoms with E-state index in [1.54, 1.807) is 12.1 Å². The van der Waals surface area contributed by atoms with E-state index in [9.17, 15) is 9.18 Å². The predicted octanol–water partition coefficient (Wildman–Crippen LogP) is 4.13.